The summed E-state index contributed by atoms with van der Waals surface area (Å²) in [6.45, 7) is 6.14. The second-order valence-corrected chi connectivity index (χ2v) is 8.30. The number of aromatic nitrogens is 1. The molecule has 3 heterocycles. The average Bonchev–Trinajstić information content (AvgIpc) is 3.16. The smallest absolute Gasteiger partial charge is 0.241 e. The van der Waals surface area contributed by atoms with Crippen LogP contribution in [-0.4, -0.2) is 54.6 Å². The van der Waals surface area contributed by atoms with Crippen molar-refractivity contribution in [3.05, 3.63) is 52.0 Å². The zero-order valence-corrected chi connectivity index (χ0v) is 16.0. The van der Waals surface area contributed by atoms with Crippen LogP contribution in [0, 0.1) is 6.92 Å². The highest BCUT2D eigenvalue weighted by molar-refractivity contribution is 7.09. The minimum atomic E-state index is -0.0884. The first-order chi connectivity index (χ1) is 12.7. The monoisotopic (exact) mass is 370 g/mol. The van der Waals surface area contributed by atoms with Crippen molar-refractivity contribution in [2.45, 2.75) is 31.2 Å². The van der Waals surface area contributed by atoms with Gasteiger partial charge >= 0.3 is 0 Å². The lowest BCUT2D eigenvalue weighted by Gasteiger charge is -2.42. The van der Waals surface area contributed by atoms with Crippen LogP contribution in [0.15, 0.2) is 35.7 Å². The van der Waals surface area contributed by atoms with Gasteiger partial charge in [-0.05, 0) is 25.3 Å². The van der Waals surface area contributed by atoms with Gasteiger partial charge in [-0.3, -0.25) is 4.79 Å². The van der Waals surface area contributed by atoms with Crippen LogP contribution >= 0.6 is 11.3 Å². The zero-order valence-electron chi connectivity index (χ0n) is 15.2. The van der Waals surface area contributed by atoms with E-state index in [1.165, 1.54) is 5.56 Å². The molecule has 0 saturated carbocycles. The number of thiazole rings is 1. The molecule has 2 aliphatic heterocycles. The molecule has 6 heteroatoms. The zero-order chi connectivity index (χ0) is 18.0. The number of amides is 1. The summed E-state index contributed by atoms with van der Waals surface area (Å²) < 4.78 is 0. The van der Waals surface area contributed by atoms with E-state index in [1.807, 2.05) is 4.90 Å². The fraction of sp³-hybridized carbons (Fsp3) is 0.500. The van der Waals surface area contributed by atoms with Crippen molar-refractivity contribution in [2.75, 3.05) is 32.7 Å². The van der Waals surface area contributed by atoms with E-state index in [-0.39, 0.29) is 17.4 Å². The molecule has 1 amide bonds. The van der Waals surface area contributed by atoms with Crippen molar-refractivity contribution in [3.63, 3.8) is 0 Å². The molecular formula is C20H26N4OS. The van der Waals surface area contributed by atoms with Gasteiger partial charge in [0.25, 0.3) is 0 Å². The summed E-state index contributed by atoms with van der Waals surface area (Å²) >= 11 is 1.71. The Kier molecular flexibility index (Phi) is 5.07. The van der Waals surface area contributed by atoms with Crippen molar-refractivity contribution in [1.29, 1.82) is 0 Å². The molecule has 2 aromatic rings. The number of hydrogen-bond acceptors (Lipinski definition) is 5. The normalized spacial score (nSPS) is 23.0. The van der Waals surface area contributed by atoms with Gasteiger partial charge in [0, 0.05) is 43.5 Å². The SMILES string of the molecule is Cc1nc(C2(c3ccccc3)CCN(C(=O)[C@@H]3CNCCN3)CC2)cs1. The van der Waals surface area contributed by atoms with Crippen LogP contribution in [0.2, 0.25) is 0 Å². The predicted octanol–water partition coefficient (Wildman–Crippen LogP) is 1.92. The van der Waals surface area contributed by atoms with Crippen LogP contribution in [0.25, 0.3) is 0 Å². The van der Waals surface area contributed by atoms with Crippen molar-refractivity contribution in [3.8, 4) is 0 Å². The molecule has 1 atom stereocenters. The fourth-order valence-electron chi connectivity index (χ4n) is 4.19. The molecule has 2 aliphatic rings. The number of piperidine rings is 1. The first kappa shape index (κ1) is 17.6. The third-order valence-electron chi connectivity index (χ3n) is 5.70. The van der Waals surface area contributed by atoms with E-state index in [1.54, 1.807) is 11.3 Å². The average molecular weight is 371 g/mol. The first-order valence-electron chi connectivity index (χ1n) is 9.40. The molecule has 0 bridgehead atoms. The van der Waals surface area contributed by atoms with Gasteiger partial charge in [0.05, 0.1) is 16.7 Å². The molecule has 0 unspecified atom stereocenters. The molecule has 138 valence electrons. The molecule has 0 aliphatic carbocycles. The quantitative estimate of drug-likeness (QED) is 0.867. The maximum atomic E-state index is 12.9. The molecule has 0 radical (unpaired) electrons. The van der Waals surface area contributed by atoms with E-state index in [0.717, 1.165) is 56.3 Å². The van der Waals surface area contributed by atoms with Crippen LogP contribution in [0.1, 0.15) is 29.1 Å². The standard InChI is InChI=1S/C20H26N4OS/c1-15-23-18(14-26-15)20(16-5-3-2-4-6-16)7-11-24(12-8-20)19(25)17-13-21-9-10-22-17/h2-6,14,17,21-22H,7-13H2,1H3/t17-/m0/s1. The minimum Gasteiger partial charge on any atom is -0.341 e. The summed E-state index contributed by atoms with van der Waals surface area (Å²) in [5.74, 6) is 0.230. The molecule has 26 heavy (non-hydrogen) atoms. The van der Waals surface area contributed by atoms with E-state index < -0.39 is 0 Å². The molecule has 2 N–H and O–H groups in total. The number of piperazine rings is 1. The van der Waals surface area contributed by atoms with E-state index in [2.05, 4.69) is 53.3 Å². The van der Waals surface area contributed by atoms with Gasteiger partial charge in [0.15, 0.2) is 0 Å². The lowest BCUT2D eigenvalue weighted by molar-refractivity contribution is -0.135. The van der Waals surface area contributed by atoms with Crippen LogP contribution in [0.5, 0.6) is 0 Å². The van der Waals surface area contributed by atoms with Gasteiger partial charge in [0.2, 0.25) is 5.91 Å². The highest BCUT2D eigenvalue weighted by Crippen LogP contribution is 2.42. The van der Waals surface area contributed by atoms with Crippen LogP contribution < -0.4 is 10.6 Å². The summed E-state index contributed by atoms with van der Waals surface area (Å²) in [5, 5.41) is 9.95. The molecule has 2 fully saturated rings. The third-order valence-corrected chi connectivity index (χ3v) is 6.48. The van der Waals surface area contributed by atoms with Crippen molar-refractivity contribution >= 4 is 17.2 Å². The van der Waals surface area contributed by atoms with E-state index in [4.69, 9.17) is 4.98 Å². The van der Waals surface area contributed by atoms with E-state index >= 15 is 0 Å². The van der Waals surface area contributed by atoms with E-state index in [9.17, 15) is 4.79 Å². The van der Waals surface area contributed by atoms with Crippen LogP contribution in [0.3, 0.4) is 0 Å². The Bertz CT molecular complexity index is 746. The molecule has 1 aromatic heterocycles. The second kappa shape index (κ2) is 7.47. The number of likely N-dealkylation sites (tertiary alicyclic amines) is 1. The van der Waals surface area contributed by atoms with Crippen LogP contribution in [0.4, 0.5) is 0 Å². The molecule has 5 nitrogen and oxygen atoms in total. The first-order valence-corrected chi connectivity index (χ1v) is 10.3. The molecule has 2 saturated heterocycles. The summed E-state index contributed by atoms with van der Waals surface area (Å²) in [4.78, 5) is 19.7. The molecule has 0 spiro atoms. The Balaban J connectivity index is 1.56. The Labute approximate surface area is 158 Å². The number of aryl methyl sites for hydroxylation is 1. The number of carbonyl (C=O) groups excluding carboxylic acids is 1. The third kappa shape index (κ3) is 3.29. The minimum absolute atomic E-state index is 0.0823. The Hall–Kier alpha value is -1.76. The highest BCUT2D eigenvalue weighted by Gasteiger charge is 2.41. The summed E-state index contributed by atoms with van der Waals surface area (Å²) in [5.41, 5.74) is 2.40. The summed E-state index contributed by atoms with van der Waals surface area (Å²) in [7, 11) is 0. The Morgan fingerprint density at radius 2 is 2.00 bits per heavy atom. The van der Waals surface area contributed by atoms with Gasteiger partial charge in [-0.1, -0.05) is 30.3 Å². The van der Waals surface area contributed by atoms with E-state index in [0.29, 0.717) is 0 Å². The second-order valence-electron chi connectivity index (χ2n) is 7.24. The number of benzene rings is 1. The number of nitrogens with one attached hydrogen (secondary N) is 2. The largest absolute Gasteiger partial charge is 0.341 e. The van der Waals surface area contributed by atoms with Gasteiger partial charge in [-0.15, -0.1) is 11.3 Å². The lowest BCUT2D eigenvalue weighted by Crippen LogP contribution is -2.58. The van der Waals surface area contributed by atoms with Gasteiger partial charge in [-0.2, -0.15) is 0 Å². The summed E-state index contributed by atoms with van der Waals surface area (Å²) in [6, 6.07) is 10.6. The molecule has 1 aromatic carbocycles. The van der Waals surface area contributed by atoms with Crippen molar-refractivity contribution in [2.24, 2.45) is 0 Å². The lowest BCUT2D eigenvalue weighted by atomic mass is 9.70. The number of hydrogen-bond donors (Lipinski definition) is 2. The summed E-state index contributed by atoms with van der Waals surface area (Å²) in [6.07, 6.45) is 1.85. The fourth-order valence-corrected chi connectivity index (χ4v) is 4.90. The molecular weight excluding hydrogens is 344 g/mol. The molecule has 4 rings (SSSR count). The Morgan fingerprint density at radius 1 is 1.23 bits per heavy atom. The number of rotatable bonds is 3. The Morgan fingerprint density at radius 3 is 2.62 bits per heavy atom. The topological polar surface area (TPSA) is 57.3 Å². The highest BCUT2D eigenvalue weighted by atomic mass is 32.1. The van der Waals surface area contributed by atoms with Crippen LogP contribution in [-0.2, 0) is 10.2 Å². The number of nitrogens with zero attached hydrogens (tertiary/aromatic N) is 2. The predicted molar refractivity (Wildman–Crippen MR) is 105 cm³/mol. The number of carbonyl (C=O) groups is 1. The van der Waals surface area contributed by atoms with Gasteiger partial charge in [-0.25, -0.2) is 4.98 Å². The maximum absolute atomic E-state index is 12.9. The van der Waals surface area contributed by atoms with Gasteiger partial charge < -0.3 is 15.5 Å². The van der Waals surface area contributed by atoms with Gasteiger partial charge in [0.1, 0.15) is 0 Å². The van der Waals surface area contributed by atoms with Crippen molar-refractivity contribution in [1.82, 2.24) is 20.5 Å². The van der Waals surface area contributed by atoms with Crippen molar-refractivity contribution < 1.29 is 4.79 Å². The maximum Gasteiger partial charge on any atom is 0.241 e.